The van der Waals surface area contributed by atoms with Crippen LogP contribution < -0.4 is 16.8 Å². The SMILES string of the molecule is NC(=O)CC[C@H](N)C(=O)OC(=O)[C@@H]1CCCN1. The predicted octanol–water partition coefficient (Wildman–Crippen LogP) is -1.60. The van der Waals surface area contributed by atoms with E-state index in [2.05, 4.69) is 10.1 Å². The molecule has 0 aromatic heterocycles. The Morgan fingerprint density at radius 2 is 2.12 bits per heavy atom. The lowest BCUT2D eigenvalue weighted by Crippen LogP contribution is -2.39. The van der Waals surface area contributed by atoms with Gasteiger partial charge in [0.25, 0.3) is 0 Å². The zero-order valence-corrected chi connectivity index (χ0v) is 9.48. The van der Waals surface area contributed by atoms with Crippen LogP contribution in [0.5, 0.6) is 0 Å². The first-order chi connectivity index (χ1) is 8.00. The smallest absolute Gasteiger partial charge is 0.330 e. The van der Waals surface area contributed by atoms with Gasteiger partial charge in [-0.05, 0) is 25.8 Å². The molecular formula is C10H17N3O4. The molecule has 1 aliphatic rings. The first-order valence-electron chi connectivity index (χ1n) is 5.53. The summed E-state index contributed by atoms with van der Waals surface area (Å²) in [6.07, 6.45) is 1.61. The van der Waals surface area contributed by atoms with Gasteiger partial charge in [-0.2, -0.15) is 0 Å². The average molecular weight is 243 g/mol. The molecule has 1 amide bonds. The maximum absolute atomic E-state index is 11.4. The van der Waals surface area contributed by atoms with Crippen molar-refractivity contribution < 1.29 is 19.1 Å². The summed E-state index contributed by atoms with van der Waals surface area (Å²) in [5.74, 6) is -1.97. The summed E-state index contributed by atoms with van der Waals surface area (Å²) in [6, 6.07) is -1.42. The highest BCUT2D eigenvalue weighted by Gasteiger charge is 2.27. The third-order valence-electron chi connectivity index (χ3n) is 2.55. The Morgan fingerprint density at radius 3 is 2.65 bits per heavy atom. The number of rotatable bonds is 5. The molecule has 17 heavy (non-hydrogen) atoms. The molecule has 0 aromatic carbocycles. The number of carbonyl (C=O) groups excluding carboxylic acids is 3. The minimum Gasteiger partial charge on any atom is -0.391 e. The van der Waals surface area contributed by atoms with Gasteiger partial charge in [-0.25, -0.2) is 9.59 Å². The third-order valence-corrected chi connectivity index (χ3v) is 2.55. The van der Waals surface area contributed by atoms with Crippen LogP contribution >= 0.6 is 0 Å². The zero-order chi connectivity index (χ0) is 12.8. The summed E-state index contributed by atoms with van der Waals surface area (Å²) in [5.41, 5.74) is 10.4. The summed E-state index contributed by atoms with van der Waals surface area (Å²) >= 11 is 0. The number of primary amides is 1. The molecule has 96 valence electrons. The maximum Gasteiger partial charge on any atom is 0.330 e. The van der Waals surface area contributed by atoms with Gasteiger partial charge in [-0.1, -0.05) is 0 Å². The minimum absolute atomic E-state index is 0.00780. The number of nitrogens with one attached hydrogen (secondary N) is 1. The standard InChI is InChI=1S/C10H17N3O4/c11-6(3-4-8(12)14)9(15)17-10(16)7-2-1-5-13-7/h6-7,13H,1-5,11H2,(H2,12,14)/t6-,7-/m0/s1. The number of hydrogen-bond donors (Lipinski definition) is 3. The van der Waals surface area contributed by atoms with Crippen molar-refractivity contribution in [2.75, 3.05) is 6.54 Å². The average Bonchev–Trinajstić information content (AvgIpc) is 2.78. The Labute approximate surface area is 98.8 Å². The molecule has 1 heterocycles. The fraction of sp³-hybridized carbons (Fsp3) is 0.700. The molecule has 1 saturated heterocycles. The van der Waals surface area contributed by atoms with Gasteiger partial charge in [0.05, 0.1) is 0 Å². The molecule has 5 N–H and O–H groups in total. The first kappa shape index (κ1) is 13.6. The van der Waals surface area contributed by atoms with Gasteiger partial charge < -0.3 is 21.5 Å². The van der Waals surface area contributed by atoms with E-state index in [9.17, 15) is 14.4 Å². The number of esters is 2. The molecule has 0 saturated carbocycles. The van der Waals surface area contributed by atoms with Crippen molar-refractivity contribution in [2.24, 2.45) is 11.5 Å². The van der Waals surface area contributed by atoms with E-state index in [4.69, 9.17) is 11.5 Å². The number of amides is 1. The van der Waals surface area contributed by atoms with Crippen LogP contribution in [0.25, 0.3) is 0 Å². The third kappa shape index (κ3) is 4.49. The van der Waals surface area contributed by atoms with Gasteiger partial charge in [0.2, 0.25) is 5.91 Å². The van der Waals surface area contributed by atoms with Gasteiger partial charge in [-0.15, -0.1) is 0 Å². The van der Waals surface area contributed by atoms with Crippen LogP contribution in [0.15, 0.2) is 0 Å². The summed E-state index contributed by atoms with van der Waals surface area (Å²) in [7, 11) is 0. The molecular weight excluding hydrogens is 226 g/mol. The summed E-state index contributed by atoms with van der Waals surface area (Å²) in [6.45, 7) is 0.738. The monoisotopic (exact) mass is 243 g/mol. The number of carbonyl (C=O) groups is 3. The van der Waals surface area contributed by atoms with E-state index in [0.717, 1.165) is 13.0 Å². The Kier molecular flexibility index (Phi) is 5.05. The summed E-state index contributed by atoms with van der Waals surface area (Å²) in [5, 5.41) is 2.91. The number of ether oxygens (including phenoxy) is 1. The quantitative estimate of drug-likeness (QED) is 0.394. The molecule has 1 rings (SSSR count). The molecule has 0 bridgehead atoms. The van der Waals surface area contributed by atoms with E-state index < -0.39 is 29.9 Å². The number of hydrogen-bond acceptors (Lipinski definition) is 6. The second kappa shape index (κ2) is 6.31. The largest absolute Gasteiger partial charge is 0.391 e. The van der Waals surface area contributed by atoms with Crippen LogP contribution in [0.4, 0.5) is 0 Å². The normalized spacial score (nSPS) is 20.9. The van der Waals surface area contributed by atoms with Crippen molar-refractivity contribution in [1.82, 2.24) is 5.32 Å². The van der Waals surface area contributed by atoms with Crippen molar-refractivity contribution >= 4 is 17.8 Å². The maximum atomic E-state index is 11.4. The molecule has 0 unspecified atom stereocenters. The fourth-order valence-corrected chi connectivity index (χ4v) is 1.55. The van der Waals surface area contributed by atoms with Crippen molar-refractivity contribution in [1.29, 1.82) is 0 Å². The van der Waals surface area contributed by atoms with Crippen molar-refractivity contribution in [3.8, 4) is 0 Å². The van der Waals surface area contributed by atoms with Gasteiger partial charge in [0, 0.05) is 6.42 Å². The first-order valence-corrected chi connectivity index (χ1v) is 5.53. The van der Waals surface area contributed by atoms with E-state index in [-0.39, 0.29) is 12.8 Å². The minimum atomic E-state index is -0.993. The predicted molar refractivity (Wildman–Crippen MR) is 58.5 cm³/mol. The molecule has 7 nitrogen and oxygen atoms in total. The molecule has 0 aromatic rings. The van der Waals surface area contributed by atoms with E-state index in [1.807, 2.05) is 0 Å². The Balaban J connectivity index is 2.31. The van der Waals surface area contributed by atoms with Crippen molar-refractivity contribution in [3.05, 3.63) is 0 Å². The van der Waals surface area contributed by atoms with E-state index >= 15 is 0 Å². The van der Waals surface area contributed by atoms with Gasteiger partial charge in [-0.3, -0.25) is 4.79 Å². The second-order valence-corrected chi connectivity index (χ2v) is 4.00. The number of nitrogens with two attached hydrogens (primary N) is 2. The Morgan fingerprint density at radius 1 is 1.41 bits per heavy atom. The summed E-state index contributed by atoms with van der Waals surface area (Å²) in [4.78, 5) is 33.3. The van der Waals surface area contributed by atoms with Gasteiger partial charge >= 0.3 is 11.9 Å². The van der Waals surface area contributed by atoms with E-state index in [0.29, 0.717) is 6.42 Å². The lowest BCUT2D eigenvalue weighted by Gasteiger charge is -2.12. The molecule has 7 heteroatoms. The highest BCUT2D eigenvalue weighted by Crippen LogP contribution is 2.07. The van der Waals surface area contributed by atoms with Crippen molar-refractivity contribution in [3.63, 3.8) is 0 Å². The molecule has 0 radical (unpaired) electrons. The molecule has 0 spiro atoms. The van der Waals surface area contributed by atoms with Gasteiger partial charge in [0.1, 0.15) is 12.1 Å². The molecule has 1 aliphatic heterocycles. The second-order valence-electron chi connectivity index (χ2n) is 4.00. The van der Waals surface area contributed by atoms with Crippen LogP contribution in [0.1, 0.15) is 25.7 Å². The van der Waals surface area contributed by atoms with Crippen LogP contribution in [0.3, 0.4) is 0 Å². The molecule has 2 atom stereocenters. The van der Waals surface area contributed by atoms with Crippen LogP contribution in [-0.2, 0) is 19.1 Å². The topological polar surface area (TPSA) is 125 Å². The molecule has 0 aliphatic carbocycles. The van der Waals surface area contributed by atoms with Crippen LogP contribution in [0, 0.1) is 0 Å². The highest BCUT2D eigenvalue weighted by atomic mass is 16.6. The summed E-state index contributed by atoms with van der Waals surface area (Å²) < 4.78 is 4.61. The fourth-order valence-electron chi connectivity index (χ4n) is 1.55. The van der Waals surface area contributed by atoms with Crippen LogP contribution in [-0.4, -0.2) is 36.5 Å². The zero-order valence-electron chi connectivity index (χ0n) is 9.48. The molecule has 1 fully saturated rings. The van der Waals surface area contributed by atoms with Crippen molar-refractivity contribution in [2.45, 2.75) is 37.8 Å². The van der Waals surface area contributed by atoms with Crippen LogP contribution in [0.2, 0.25) is 0 Å². The Bertz CT molecular complexity index is 313. The van der Waals surface area contributed by atoms with E-state index in [1.165, 1.54) is 0 Å². The lowest BCUT2D eigenvalue weighted by molar-refractivity contribution is -0.161. The van der Waals surface area contributed by atoms with E-state index in [1.54, 1.807) is 0 Å². The Hall–Kier alpha value is -1.47. The highest BCUT2D eigenvalue weighted by molar-refractivity contribution is 5.91. The van der Waals surface area contributed by atoms with Gasteiger partial charge in [0.15, 0.2) is 0 Å². The lowest BCUT2D eigenvalue weighted by atomic mass is 10.1.